The molecule has 1 heterocycles. The van der Waals surface area contributed by atoms with Crippen molar-refractivity contribution in [2.24, 2.45) is 0 Å². The van der Waals surface area contributed by atoms with Crippen LogP contribution in [0.25, 0.3) is 0 Å². The lowest BCUT2D eigenvalue weighted by Crippen LogP contribution is -2.49. The molecule has 1 unspecified atom stereocenters. The molecule has 1 aromatic carbocycles. The Bertz CT molecular complexity index is 487. The minimum Gasteiger partial charge on any atom is -0.389 e. The average molecular weight is 295 g/mol. The van der Waals surface area contributed by atoms with Crippen molar-refractivity contribution in [3.05, 3.63) is 35.4 Å². The summed E-state index contributed by atoms with van der Waals surface area (Å²) in [4.78, 5) is 0. The summed E-state index contributed by atoms with van der Waals surface area (Å²) >= 11 is 1.34. The summed E-state index contributed by atoms with van der Waals surface area (Å²) in [5, 5.41) is 47.5. The van der Waals surface area contributed by atoms with E-state index in [1.807, 2.05) is 6.07 Å². The highest BCUT2D eigenvalue weighted by Gasteiger charge is 2.37. The number of thioether (sulfide) groups is 1. The Hall–Kier alpha value is -1.10. The lowest BCUT2D eigenvalue weighted by atomic mass is 9.97. The minimum atomic E-state index is -1.17. The van der Waals surface area contributed by atoms with E-state index >= 15 is 0 Å². The highest BCUT2D eigenvalue weighted by atomic mass is 32.2. The van der Waals surface area contributed by atoms with Crippen LogP contribution in [0.3, 0.4) is 0 Å². The van der Waals surface area contributed by atoms with Gasteiger partial charge >= 0.3 is 0 Å². The van der Waals surface area contributed by atoms with Gasteiger partial charge in [0.2, 0.25) is 0 Å². The quantitative estimate of drug-likeness (QED) is 0.634. The van der Waals surface area contributed by atoms with Crippen LogP contribution in [-0.4, -0.2) is 49.7 Å². The first kappa shape index (κ1) is 15.3. The predicted octanol–water partition coefficient (Wildman–Crippen LogP) is 0.180. The van der Waals surface area contributed by atoms with Crippen molar-refractivity contribution in [2.45, 2.75) is 36.1 Å². The van der Waals surface area contributed by atoms with Crippen molar-refractivity contribution in [3.63, 3.8) is 0 Å². The summed E-state index contributed by atoms with van der Waals surface area (Å²) in [7, 11) is 0. The molecule has 1 fully saturated rings. The predicted molar refractivity (Wildman–Crippen MR) is 75.0 cm³/mol. The monoisotopic (exact) mass is 295 g/mol. The molecule has 0 aromatic heterocycles. The number of hydrogen-bond donors (Lipinski definition) is 4. The summed E-state index contributed by atoms with van der Waals surface area (Å²) in [6.07, 6.45) is -3.66. The first-order valence-electron chi connectivity index (χ1n) is 6.37. The lowest BCUT2D eigenvalue weighted by Gasteiger charge is -2.35. The summed E-state index contributed by atoms with van der Waals surface area (Å²) in [6, 6.07) is 8.61. The molecule has 108 valence electrons. The number of hydrogen-bond acceptors (Lipinski definition) is 6. The number of rotatable bonds is 3. The molecule has 0 spiro atoms. The second-order valence-corrected chi connectivity index (χ2v) is 6.18. The first-order chi connectivity index (χ1) is 9.52. The van der Waals surface area contributed by atoms with Gasteiger partial charge in [0.15, 0.2) is 0 Å². The van der Waals surface area contributed by atoms with Crippen LogP contribution in [0.4, 0.5) is 0 Å². The van der Waals surface area contributed by atoms with E-state index in [2.05, 4.69) is 0 Å². The van der Waals surface area contributed by atoms with Crippen molar-refractivity contribution in [3.8, 4) is 6.07 Å². The van der Waals surface area contributed by atoms with Gasteiger partial charge in [-0.25, -0.2) is 0 Å². The Balaban J connectivity index is 2.00. The molecular weight excluding hydrogens is 278 g/mol. The molecule has 0 amide bonds. The van der Waals surface area contributed by atoms with Gasteiger partial charge in [0.1, 0.15) is 6.10 Å². The highest BCUT2D eigenvalue weighted by molar-refractivity contribution is 8.00. The van der Waals surface area contributed by atoms with E-state index in [4.69, 9.17) is 5.26 Å². The third-order valence-corrected chi connectivity index (χ3v) is 4.92. The maximum atomic E-state index is 10.2. The van der Waals surface area contributed by atoms with Gasteiger partial charge in [0.25, 0.3) is 0 Å². The molecule has 4 N–H and O–H groups in total. The fourth-order valence-corrected chi connectivity index (χ4v) is 3.53. The molecule has 0 saturated carbocycles. The molecule has 1 saturated heterocycles. The third-order valence-electron chi connectivity index (χ3n) is 3.49. The van der Waals surface area contributed by atoms with E-state index < -0.39 is 24.4 Å². The van der Waals surface area contributed by atoms with Gasteiger partial charge in [-0.05, 0) is 24.1 Å². The van der Waals surface area contributed by atoms with Gasteiger partial charge < -0.3 is 20.4 Å². The van der Waals surface area contributed by atoms with E-state index in [1.165, 1.54) is 11.8 Å². The van der Waals surface area contributed by atoms with Crippen LogP contribution in [-0.2, 0) is 0 Å². The molecule has 1 aliphatic rings. The Morgan fingerprint density at radius 2 is 1.85 bits per heavy atom. The molecule has 1 aliphatic heterocycles. The van der Waals surface area contributed by atoms with Crippen molar-refractivity contribution in [1.82, 2.24) is 0 Å². The minimum absolute atomic E-state index is 0.279. The molecular formula is C14H17NO4S. The van der Waals surface area contributed by atoms with Crippen molar-refractivity contribution in [2.75, 3.05) is 5.75 Å². The SMILES string of the molecule is N#Cc1ccc(C(O)C[C@@H]2SC[C@@H](O)[C@H](O)[C@H]2O)cc1. The van der Waals surface area contributed by atoms with E-state index in [1.54, 1.807) is 24.3 Å². The van der Waals surface area contributed by atoms with Crippen LogP contribution >= 0.6 is 11.8 Å². The second-order valence-electron chi connectivity index (χ2n) is 4.91. The number of benzene rings is 1. The van der Waals surface area contributed by atoms with Crippen LogP contribution in [0.5, 0.6) is 0 Å². The fraction of sp³-hybridized carbons (Fsp3) is 0.500. The zero-order valence-corrected chi connectivity index (χ0v) is 11.6. The van der Waals surface area contributed by atoms with Gasteiger partial charge in [-0.2, -0.15) is 17.0 Å². The lowest BCUT2D eigenvalue weighted by molar-refractivity contribution is -0.0591. The summed E-state index contributed by atoms with van der Waals surface area (Å²) in [5.74, 6) is 0.336. The van der Waals surface area contributed by atoms with Gasteiger partial charge in [-0.1, -0.05) is 12.1 Å². The Morgan fingerprint density at radius 3 is 2.45 bits per heavy atom. The molecule has 0 aliphatic carbocycles. The number of nitriles is 1. The summed E-state index contributed by atoms with van der Waals surface area (Å²) in [5.41, 5.74) is 1.18. The van der Waals surface area contributed by atoms with E-state index in [0.717, 1.165) is 0 Å². The van der Waals surface area contributed by atoms with Crippen LogP contribution in [0, 0.1) is 11.3 Å². The standard InChI is InChI=1S/C14H17NO4S/c15-6-8-1-3-9(4-2-8)10(16)5-12-14(19)13(18)11(17)7-20-12/h1-4,10-14,16-19H,5,7H2/t10?,11-,12+,13+,14+/m1/s1. The number of nitrogens with zero attached hydrogens (tertiary/aromatic N) is 1. The van der Waals surface area contributed by atoms with Crippen LogP contribution in [0.15, 0.2) is 24.3 Å². The zero-order valence-electron chi connectivity index (χ0n) is 10.8. The van der Waals surface area contributed by atoms with Crippen LogP contribution in [0.1, 0.15) is 23.7 Å². The molecule has 0 radical (unpaired) electrons. The van der Waals surface area contributed by atoms with E-state index in [-0.39, 0.29) is 11.7 Å². The Morgan fingerprint density at radius 1 is 1.20 bits per heavy atom. The largest absolute Gasteiger partial charge is 0.389 e. The van der Waals surface area contributed by atoms with Gasteiger partial charge in [-0.15, -0.1) is 0 Å². The molecule has 5 atom stereocenters. The highest BCUT2D eigenvalue weighted by Crippen LogP contribution is 2.33. The van der Waals surface area contributed by atoms with Crippen LogP contribution in [0.2, 0.25) is 0 Å². The normalized spacial score (nSPS) is 31.6. The summed E-state index contributed by atoms with van der Waals surface area (Å²) in [6.45, 7) is 0. The molecule has 20 heavy (non-hydrogen) atoms. The molecule has 6 heteroatoms. The molecule has 0 bridgehead atoms. The first-order valence-corrected chi connectivity index (χ1v) is 7.41. The molecule has 2 rings (SSSR count). The van der Waals surface area contributed by atoms with Crippen LogP contribution < -0.4 is 0 Å². The third kappa shape index (κ3) is 3.32. The van der Waals surface area contributed by atoms with E-state index in [9.17, 15) is 20.4 Å². The molecule has 1 aromatic rings. The maximum Gasteiger partial charge on any atom is 0.108 e. The van der Waals surface area contributed by atoms with Gasteiger partial charge in [0.05, 0.1) is 29.9 Å². The van der Waals surface area contributed by atoms with Gasteiger partial charge in [0, 0.05) is 11.0 Å². The Kier molecular flexibility index (Phi) is 5.02. The Labute approximate surface area is 121 Å². The number of aliphatic hydroxyl groups excluding tert-OH is 4. The van der Waals surface area contributed by atoms with Crippen molar-refractivity contribution in [1.29, 1.82) is 5.26 Å². The molecule has 5 nitrogen and oxygen atoms in total. The zero-order chi connectivity index (χ0) is 14.7. The van der Waals surface area contributed by atoms with Crippen molar-refractivity contribution < 1.29 is 20.4 Å². The summed E-state index contributed by atoms with van der Waals surface area (Å²) < 4.78 is 0. The second kappa shape index (κ2) is 6.57. The topological polar surface area (TPSA) is 105 Å². The number of aliphatic hydroxyl groups is 4. The fourth-order valence-electron chi connectivity index (χ4n) is 2.21. The van der Waals surface area contributed by atoms with E-state index in [0.29, 0.717) is 16.9 Å². The smallest absolute Gasteiger partial charge is 0.108 e. The maximum absolute atomic E-state index is 10.2. The average Bonchev–Trinajstić information content (AvgIpc) is 2.48. The van der Waals surface area contributed by atoms with Crippen molar-refractivity contribution >= 4 is 11.8 Å². The van der Waals surface area contributed by atoms with Gasteiger partial charge in [-0.3, -0.25) is 0 Å².